The summed E-state index contributed by atoms with van der Waals surface area (Å²) in [6.07, 6.45) is 1.86. The number of piperidine rings is 1. The van der Waals surface area contributed by atoms with Gasteiger partial charge >= 0.3 is 0 Å². The van der Waals surface area contributed by atoms with E-state index >= 15 is 0 Å². The zero-order chi connectivity index (χ0) is 22.3. The van der Waals surface area contributed by atoms with Crippen LogP contribution in [0.15, 0.2) is 29.6 Å². The molecule has 1 N–H and O–H groups in total. The first-order valence-corrected chi connectivity index (χ1v) is 12.9. The minimum absolute atomic E-state index is 0.129. The predicted octanol–water partition coefficient (Wildman–Crippen LogP) is 3.12. The molecule has 0 saturated carbocycles. The molecule has 0 spiro atoms. The van der Waals surface area contributed by atoms with Crippen molar-refractivity contribution in [2.24, 2.45) is 5.92 Å². The third-order valence-corrected chi connectivity index (χ3v) is 7.64. The summed E-state index contributed by atoms with van der Waals surface area (Å²) in [5, 5.41) is 6.43. The fraction of sp³-hybridized carbons (Fsp3) is 0.600. The minimum Gasteiger partial charge on any atom is -0.352 e. The van der Waals surface area contributed by atoms with E-state index in [-0.39, 0.29) is 11.8 Å². The Labute approximate surface area is 196 Å². The molecule has 1 amide bonds. The van der Waals surface area contributed by atoms with Crippen LogP contribution in [0.1, 0.15) is 41.6 Å². The Morgan fingerprint density at radius 3 is 2.22 bits per heavy atom. The van der Waals surface area contributed by atoms with Gasteiger partial charge in [-0.15, -0.1) is 11.3 Å². The lowest BCUT2D eigenvalue weighted by Crippen LogP contribution is -2.45. The number of nitrogens with one attached hydrogen (secondary N) is 1. The molecule has 0 aliphatic carbocycles. The second-order valence-electron chi connectivity index (χ2n) is 9.15. The number of likely N-dealkylation sites (tertiary alicyclic amines) is 1. The Morgan fingerprint density at radius 1 is 0.969 bits per heavy atom. The lowest BCUT2D eigenvalue weighted by molar-refractivity contribution is -0.126. The third-order valence-electron chi connectivity index (χ3n) is 6.82. The molecule has 3 heterocycles. The smallest absolute Gasteiger partial charge is 0.223 e. The number of aryl methyl sites for hydroxylation is 1. The first kappa shape index (κ1) is 23.4. The molecule has 0 bridgehead atoms. The first-order valence-electron chi connectivity index (χ1n) is 12.0. The number of rotatable bonds is 8. The molecular weight excluding hydrogens is 418 g/mol. The third kappa shape index (κ3) is 6.61. The fourth-order valence-corrected chi connectivity index (χ4v) is 5.28. The van der Waals surface area contributed by atoms with E-state index in [0.29, 0.717) is 6.54 Å². The van der Waals surface area contributed by atoms with E-state index in [1.165, 1.54) is 24.2 Å². The van der Waals surface area contributed by atoms with Crippen molar-refractivity contribution >= 4 is 17.2 Å². The van der Waals surface area contributed by atoms with Crippen molar-refractivity contribution in [3.63, 3.8) is 0 Å². The highest BCUT2D eigenvalue weighted by atomic mass is 32.1. The summed E-state index contributed by atoms with van der Waals surface area (Å²) in [5.41, 5.74) is 3.68. The first-order chi connectivity index (χ1) is 15.6. The van der Waals surface area contributed by atoms with Crippen LogP contribution >= 0.6 is 11.3 Å². The summed E-state index contributed by atoms with van der Waals surface area (Å²) in [6.45, 7) is 14.5. The fourth-order valence-electron chi connectivity index (χ4n) is 4.68. The number of hydrogen-bond donors (Lipinski definition) is 1. The van der Waals surface area contributed by atoms with Gasteiger partial charge in [0.05, 0.1) is 10.7 Å². The highest BCUT2D eigenvalue weighted by Gasteiger charge is 2.25. The summed E-state index contributed by atoms with van der Waals surface area (Å²) in [5.74, 6) is 0.330. The summed E-state index contributed by atoms with van der Waals surface area (Å²) < 4.78 is 0. The van der Waals surface area contributed by atoms with Gasteiger partial charge in [0, 0.05) is 57.1 Å². The Kier molecular flexibility index (Phi) is 8.30. The SMILES string of the molecule is CCN1CCN(Cc2ccc(CNC(=O)C3CCN(Cc4csc(C)n4)CC3)cc2)CC1. The molecule has 0 radical (unpaired) electrons. The number of thiazole rings is 1. The van der Waals surface area contributed by atoms with Crippen LogP contribution in [0.25, 0.3) is 0 Å². The number of nitrogens with zero attached hydrogens (tertiary/aromatic N) is 4. The number of carbonyl (C=O) groups excluding carboxylic acids is 1. The summed E-state index contributed by atoms with van der Waals surface area (Å²) in [4.78, 5) is 24.7. The summed E-state index contributed by atoms with van der Waals surface area (Å²) >= 11 is 1.71. The van der Waals surface area contributed by atoms with Crippen LogP contribution in [0, 0.1) is 12.8 Å². The molecule has 4 rings (SSSR count). The van der Waals surface area contributed by atoms with E-state index in [4.69, 9.17) is 0 Å². The Hall–Kier alpha value is -1.80. The van der Waals surface area contributed by atoms with Gasteiger partial charge in [-0.2, -0.15) is 0 Å². The molecule has 7 heteroatoms. The molecule has 2 aromatic rings. The van der Waals surface area contributed by atoms with Gasteiger partial charge in [0.25, 0.3) is 0 Å². The number of benzene rings is 1. The second kappa shape index (κ2) is 11.4. The maximum atomic E-state index is 12.7. The highest BCUT2D eigenvalue weighted by Crippen LogP contribution is 2.20. The Bertz CT molecular complexity index is 851. The van der Waals surface area contributed by atoms with E-state index < -0.39 is 0 Å². The van der Waals surface area contributed by atoms with E-state index in [9.17, 15) is 4.79 Å². The molecule has 2 aliphatic heterocycles. The maximum Gasteiger partial charge on any atom is 0.223 e. The molecule has 2 saturated heterocycles. The standard InChI is InChI=1S/C25H37N5OS/c1-3-28-12-14-30(15-13-28)17-22-6-4-21(5-7-22)16-26-25(31)23-8-10-29(11-9-23)18-24-19-32-20(2)27-24/h4-7,19,23H,3,8-18H2,1-2H3,(H,26,31). The summed E-state index contributed by atoms with van der Waals surface area (Å²) in [6, 6.07) is 8.76. The van der Waals surface area contributed by atoms with Crippen LogP contribution in [0.3, 0.4) is 0 Å². The van der Waals surface area contributed by atoms with Crippen LogP contribution in [-0.4, -0.2) is 71.4 Å². The lowest BCUT2D eigenvalue weighted by Gasteiger charge is -2.34. The van der Waals surface area contributed by atoms with Gasteiger partial charge in [0.1, 0.15) is 0 Å². The minimum atomic E-state index is 0.129. The monoisotopic (exact) mass is 455 g/mol. The molecule has 6 nitrogen and oxygen atoms in total. The van der Waals surface area contributed by atoms with Crippen LogP contribution in [-0.2, 0) is 24.4 Å². The van der Waals surface area contributed by atoms with Gasteiger partial charge in [-0.1, -0.05) is 31.2 Å². The zero-order valence-corrected chi connectivity index (χ0v) is 20.4. The Balaban J connectivity index is 1.16. The van der Waals surface area contributed by atoms with Gasteiger partial charge < -0.3 is 10.2 Å². The van der Waals surface area contributed by atoms with Gasteiger partial charge in [-0.05, 0) is 50.5 Å². The van der Waals surface area contributed by atoms with Crippen LogP contribution in [0.5, 0.6) is 0 Å². The Morgan fingerprint density at radius 2 is 1.59 bits per heavy atom. The molecule has 174 valence electrons. The van der Waals surface area contributed by atoms with E-state index in [0.717, 1.165) is 69.4 Å². The van der Waals surface area contributed by atoms with Crippen molar-refractivity contribution in [2.75, 3.05) is 45.8 Å². The maximum absolute atomic E-state index is 12.7. The number of likely N-dealkylation sites (N-methyl/N-ethyl adjacent to an activating group) is 1. The van der Waals surface area contributed by atoms with Crippen LogP contribution in [0.2, 0.25) is 0 Å². The average Bonchev–Trinajstić information content (AvgIpc) is 3.24. The topological polar surface area (TPSA) is 51.7 Å². The number of piperazine rings is 1. The van der Waals surface area contributed by atoms with Crippen molar-refractivity contribution in [1.82, 2.24) is 25.0 Å². The molecule has 0 unspecified atom stereocenters. The normalized spacial score (nSPS) is 19.3. The molecule has 2 fully saturated rings. The van der Waals surface area contributed by atoms with Crippen LogP contribution in [0.4, 0.5) is 0 Å². The van der Waals surface area contributed by atoms with Crippen molar-refractivity contribution in [1.29, 1.82) is 0 Å². The van der Waals surface area contributed by atoms with Crippen molar-refractivity contribution in [3.05, 3.63) is 51.5 Å². The second-order valence-corrected chi connectivity index (χ2v) is 10.2. The molecule has 0 atom stereocenters. The molecule has 1 aromatic carbocycles. The van der Waals surface area contributed by atoms with E-state index in [1.54, 1.807) is 11.3 Å². The molecular formula is C25H37N5OS. The largest absolute Gasteiger partial charge is 0.352 e. The van der Waals surface area contributed by atoms with Crippen molar-refractivity contribution in [3.8, 4) is 0 Å². The van der Waals surface area contributed by atoms with Crippen molar-refractivity contribution < 1.29 is 4.79 Å². The summed E-state index contributed by atoms with van der Waals surface area (Å²) in [7, 11) is 0. The highest BCUT2D eigenvalue weighted by molar-refractivity contribution is 7.09. The van der Waals surface area contributed by atoms with Crippen molar-refractivity contribution in [2.45, 2.75) is 46.3 Å². The average molecular weight is 456 g/mol. The predicted molar refractivity (Wildman–Crippen MR) is 131 cm³/mol. The van der Waals surface area contributed by atoms with Gasteiger partial charge in [-0.3, -0.25) is 14.6 Å². The van der Waals surface area contributed by atoms with Gasteiger partial charge in [0.15, 0.2) is 0 Å². The van der Waals surface area contributed by atoms with Gasteiger partial charge in [0.2, 0.25) is 5.91 Å². The van der Waals surface area contributed by atoms with Crippen LogP contribution < -0.4 is 5.32 Å². The number of aromatic nitrogens is 1. The number of amides is 1. The van der Waals surface area contributed by atoms with E-state index in [1.807, 2.05) is 6.92 Å². The lowest BCUT2D eigenvalue weighted by atomic mass is 9.95. The molecule has 2 aliphatic rings. The van der Waals surface area contributed by atoms with E-state index in [2.05, 4.69) is 61.6 Å². The molecule has 32 heavy (non-hydrogen) atoms. The van der Waals surface area contributed by atoms with Gasteiger partial charge in [-0.25, -0.2) is 4.98 Å². The number of hydrogen-bond acceptors (Lipinski definition) is 6. The quantitative estimate of drug-likeness (QED) is 0.663. The molecule has 1 aromatic heterocycles. The number of carbonyl (C=O) groups is 1. The zero-order valence-electron chi connectivity index (χ0n) is 19.6.